The summed E-state index contributed by atoms with van der Waals surface area (Å²) in [5, 5.41) is 14.5. The highest BCUT2D eigenvalue weighted by molar-refractivity contribution is 7.92. The molecule has 3 aromatic rings. The van der Waals surface area contributed by atoms with Crippen LogP contribution < -0.4 is 9.62 Å². The van der Waals surface area contributed by atoms with E-state index in [0.29, 0.717) is 0 Å². The van der Waals surface area contributed by atoms with E-state index in [2.05, 4.69) is 5.32 Å². The number of nitrogens with zero attached hydrogens (tertiary/aromatic N) is 3. The molecule has 0 radical (unpaired) electrons. The molecule has 0 bridgehead atoms. The Balaban J connectivity index is 1.70. The molecule has 1 aliphatic carbocycles. The van der Waals surface area contributed by atoms with E-state index in [-0.39, 0.29) is 34.8 Å². The summed E-state index contributed by atoms with van der Waals surface area (Å²) < 4.78 is 28.5. The van der Waals surface area contributed by atoms with Crippen LogP contribution in [0.5, 0.6) is 0 Å². The van der Waals surface area contributed by atoms with Gasteiger partial charge in [-0.05, 0) is 50.5 Å². The zero-order valence-electron chi connectivity index (χ0n) is 23.1. The molecule has 216 valence electrons. The van der Waals surface area contributed by atoms with Crippen molar-refractivity contribution in [1.82, 2.24) is 10.2 Å². The van der Waals surface area contributed by atoms with Gasteiger partial charge in [-0.25, -0.2) is 8.42 Å². The van der Waals surface area contributed by atoms with Crippen LogP contribution in [0.3, 0.4) is 0 Å². The van der Waals surface area contributed by atoms with Gasteiger partial charge in [0.1, 0.15) is 12.6 Å². The number of benzene rings is 3. The molecule has 0 saturated heterocycles. The maximum Gasteiger partial charge on any atom is 0.271 e. The first-order valence-electron chi connectivity index (χ1n) is 13.5. The van der Waals surface area contributed by atoms with Crippen molar-refractivity contribution in [2.75, 3.05) is 10.8 Å². The molecule has 0 aromatic heterocycles. The first kappa shape index (κ1) is 29.7. The van der Waals surface area contributed by atoms with Gasteiger partial charge in [-0.2, -0.15) is 0 Å². The zero-order chi connectivity index (χ0) is 29.6. The molecule has 0 heterocycles. The number of carbonyl (C=O) groups is 2. The largest absolute Gasteiger partial charge is 0.352 e. The van der Waals surface area contributed by atoms with Gasteiger partial charge in [-0.1, -0.05) is 66.9 Å². The van der Waals surface area contributed by atoms with Gasteiger partial charge in [0.15, 0.2) is 0 Å². The number of hydrogen-bond acceptors (Lipinski definition) is 6. The lowest BCUT2D eigenvalue weighted by Crippen LogP contribution is -2.52. The minimum Gasteiger partial charge on any atom is -0.352 e. The van der Waals surface area contributed by atoms with Gasteiger partial charge in [-0.15, -0.1) is 0 Å². The average molecular weight is 579 g/mol. The fraction of sp³-hybridized carbons (Fsp3) is 0.333. The predicted octanol–water partition coefficient (Wildman–Crippen LogP) is 4.57. The van der Waals surface area contributed by atoms with Gasteiger partial charge in [0, 0.05) is 24.7 Å². The summed E-state index contributed by atoms with van der Waals surface area (Å²) in [5.41, 5.74) is 1.46. The highest BCUT2D eigenvalue weighted by Crippen LogP contribution is 2.28. The van der Waals surface area contributed by atoms with Gasteiger partial charge in [-0.3, -0.25) is 24.0 Å². The maximum atomic E-state index is 14.0. The second-order valence-electron chi connectivity index (χ2n) is 10.3. The van der Waals surface area contributed by atoms with E-state index in [9.17, 15) is 28.1 Å². The standard InChI is InChI=1S/C30H34N4O6S/c1-22-15-17-24(18-16-22)20-32(23(2)30(36)31-25-9-6-7-10-25)29(35)21-33(26-11-8-12-27(19-26)34(37)38)41(39,40)28-13-4-3-5-14-28/h3-5,8,11-19,23,25H,6-7,9-10,20-21H2,1-2H3,(H,31,36)/t23-/m0/s1. The summed E-state index contributed by atoms with van der Waals surface area (Å²) in [6, 6.07) is 19.4. The molecule has 4 rings (SSSR count). The van der Waals surface area contributed by atoms with Crippen molar-refractivity contribution in [2.45, 2.75) is 63.1 Å². The summed E-state index contributed by atoms with van der Waals surface area (Å²) in [4.78, 5) is 39.4. The number of nitro benzene ring substituents is 1. The van der Waals surface area contributed by atoms with Crippen molar-refractivity contribution in [1.29, 1.82) is 0 Å². The highest BCUT2D eigenvalue weighted by atomic mass is 32.2. The average Bonchev–Trinajstić information content (AvgIpc) is 3.48. The van der Waals surface area contributed by atoms with Crippen LogP contribution in [0.15, 0.2) is 83.8 Å². The van der Waals surface area contributed by atoms with Crippen molar-refractivity contribution in [2.24, 2.45) is 0 Å². The fourth-order valence-electron chi connectivity index (χ4n) is 4.87. The molecule has 41 heavy (non-hydrogen) atoms. The van der Waals surface area contributed by atoms with Crippen LogP contribution in [0, 0.1) is 17.0 Å². The quantitative estimate of drug-likeness (QED) is 0.262. The smallest absolute Gasteiger partial charge is 0.271 e. The van der Waals surface area contributed by atoms with E-state index < -0.39 is 33.4 Å². The molecule has 1 saturated carbocycles. The van der Waals surface area contributed by atoms with Gasteiger partial charge in [0.2, 0.25) is 11.8 Å². The Labute approximate surface area is 240 Å². The van der Waals surface area contributed by atoms with E-state index in [1.54, 1.807) is 25.1 Å². The molecule has 0 spiro atoms. The fourth-order valence-corrected chi connectivity index (χ4v) is 6.30. The summed E-state index contributed by atoms with van der Waals surface area (Å²) in [5.74, 6) is -0.934. The van der Waals surface area contributed by atoms with Gasteiger partial charge >= 0.3 is 0 Å². The van der Waals surface area contributed by atoms with Gasteiger partial charge in [0.25, 0.3) is 15.7 Å². The zero-order valence-corrected chi connectivity index (χ0v) is 23.9. The molecular formula is C30H34N4O6S. The minimum atomic E-state index is -4.31. The number of sulfonamides is 1. The molecule has 2 amide bonds. The van der Waals surface area contributed by atoms with Crippen molar-refractivity contribution in [3.8, 4) is 0 Å². The van der Waals surface area contributed by atoms with E-state index >= 15 is 0 Å². The predicted molar refractivity (Wildman–Crippen MR) is 156 cm³/mol. The molecule has 3 aromatic carbocycles. The molecular weight excluding hydrogens is 544 g/mol. The molecule has 11 heteroatoms. The lowest BCUT2D eigenvalue weighted by molar-refractivity contribution is -0.384. The first-order chi connectivity index (χ1) is 19.6. The Morgan fingerprint density at radius 3 is 2.29 bits per heavy atom. The lowest BCUT2D eigenvalue weighted by Gasteiger charge is -2.32. The second-order valence-corrected chi connectivity index (χ2v) is 12.1. The maximum absolute atomic E-state index is 14.0. The number of nitro groups is 1. The molecule has 1 fully saturated rings. The van der Waals surface area contributed by atoms with Crippen LogP contribution in [0.4, 0.5) is 11.4 Å². The monoisotopic (exact) mass is 578 g/mol. The van der Waals surface area contributed by atoms with Gasteiger partial charge in [0.05, 0.1) is 15.5 Å². The Morgan fingerprint density at radius 1 is 1.00 bits per heavy atom. The van der Waals surface area contributed by atoms with Crippen molar-refractivity contribution < 1.29 is 22.9 Å². The number of amides is 2. The Hall–Kier alpha value is -4.25. The molecule has 0 aliphatic heterocycles. The number of anilines is 1. The van der Waals surface area contributed by atoms with Crippen molar-refractivity contribution >= 4 is 33.2 Å². The number of non-ortho nitro benzene ring substituents is 1. The molecule has 1 atom stereocenters. The minimum absolute atomic E-state index is 0.0326. The Kier molecular flexibility index (Phi) is 9.38. The molecule has 1 N–H and O–H groups in total. The molecule has 0 unspecified atom stereocenters. The van der Waals surface area contributed by atoms with Crippen LogP contribution in [0.25, 0.3) is 0 Å². The van der Waals surface area contributed by atoms with Crippen LogP contribution in [-0.2, 0) is 26.2 Å². The number of rotatable bonds is 11. The summed E-state index contributed by atoms with van der Waals surface area (Å²) in [6.45, 7) is 2.98. The third kappa shape index (κ3) is 7.29. The van der Waals surface area contributed by atoms with Crippen LogP contribution in [-0.4, -0.2) is 48.7 Å². The SMILES string of the molecule is Cc1ccc(CN(C(=O)CN(c2cccc([N+](=O)[O-])c2)S(=O)(=O)c2ccccc2)[C@@H](C)C(=O)NC2CCCC2)cc1. The third-order valence-corrected chi connectivity index (χ3v) is 9.07. The first-order valence-corrected chi connectivity index (χ1v) is 15.0. The highest BCUT2D eigenvalue weighted by Gasteiger charge is 2.33. The summed E-state index contributed by atoms with van der Waals surface area (Å²) in [7, 11) is -4.31. The van der Waals surface area contributed by atoms with Crippen LogP contribution in [0.2, 0.25) is 0 Å². The van der Waals surface area contributed by atoms with E-state index in [1.165, 1.54) is 35.2 Å². The van der Waals surface area contributed by atoms with E-state index in [0.717, 1.165) is 47.2 Å². The molecule has 10 nitrogen and oxygen atoms in total. The van der Waals surface area contributed by atoms with E-state index in [1.807, 2.05) is 31.2 Å². The van der Waals surface area contributed by atoms with Crippen LogP contribution >= 0.6 is 0 Å². The lowest BCUT2D eigenvalue weighted by atomic mass is 10.1. The topological polar surface area (TPSA) is 130 Å². The second kappa shape index (κ2) is 12.9. The normalized spacial score (nSPS) is 14.3. The Bertz CT molecular complexity index is 1490. The summed E-state index contributed by atoms with van der Waals surface area (Å²) >= 11 is 0. The van der Waals surface area contributed by atoms with Crippen LogP contribution in [0.1, 0.15) is 43.7 Å². The van der Waals surface area contributed by atoms with Crippen molar-refractivity contribution in [3.05, 3.63) is 100 Å². The number of carbonyl (C=O) groups excluding carboxylic acids is 2. The number of hydrogen-bond donors (Lipinski definition) is 1. The Morgan fingerprint density at radius 2 is 1.66 bits per heavy atom. The van der Waals surface area contributed by atoms with Crippen molar-refractivity contribution in [3.63, 3.8) is 0 Å². The molecule has 1 aliphatic rings. The third-order valence-electron chi connectivity index (χ3n) is 7.28. The van der Waals surface area contributed by atoms with Gasteiger partial charge < -0.3 is 10.2 Å². The summed E-state index contributed by atoms with van der Waals surface area (Å²) in [6.07, 6.45) is 3.81. The van der Waals surface area contributed by atoms with E-state index in [4.69, 9.17) is 0 Å². The number of nitrogens with one attached hydrogen (secondary N) is 1. The number of aryl methyl sites for hydroxylation is 1.